The summed E-state index contributed by atoms with van der Waals surface area (Å²) in [5.74, 6) is 1.76. The fourth-order valence-corrected chi connectivity index (χ4v) is 1.95. The molecule has 0 aliphatic carbocycles. The number of nitrogens with zero attached hydrogens (tertiary/aromatic N) is 3. The Morgan fingerprint density at radius 1 is 1.20 bits per heavy atom. The third-order valence-electron chi connectivity index (χ3n) is 2.79. The average Bonchev–Trinajstić information content (AvgIpc) is 2.58. The molecule has 0 spiro atoms. The predicted octanol–water partition coefficient (Wildman–Crippen LogP) is 1.90. The molecule has 0 aromatic carbocycles. The van der Waals surface area contributed by atoms with Gasteiger partial charge in [0.05, 0.1) is 0 Å². The number of aromatic nitrogens is 2. The zero-order chi connectivity index (χ0) is 10.5. The first kappa shape index (κ1) is 10.2. The monoisotopic (exact) mass is 206 g/mol. The van der Waals surface area contributed by atoms with Gasteiger partial charge in [0, 0.05) is 26.3 Å². The molecule has 2 heterocycles. The van der Waals surface area contributed by atoms with Crippen LogP contribution in [0.3, 0.4) is 0 Å². The van der Waals surface area contributed by atoms with Gasteiger partial charge in [0.1, 0.15) is 5.82 Å². The topological polar surface area (TPSA) is 41.1 Å². The van der Waals surface area contributed by atoms with Crippen molar-refractivity contribution in [2.45, 2.75) is 25.7 Å². The van der Waals surface area contributed by atoms with Crippen LogP contribution in [0.15, 0.2) is 12.3 Å². The van der Waals surface area contributed by atoms with E-state index in [2.05, 4.69) is 20.2 Å². The van der Waals surface area contributed by atoms with Crippen molar-refractivity contribution in [1.82, 2.24) is 9.97 Å². The summed E-state index contributed by atoms with van der Waals surface area (Å²) in [5.41, 5.74) is 0. The van der Waals surface area contributed by atoms with Crippen LogP contribution in [0.1, 0.15) is 25.7 Å². The smallest absolute Gasteiger partial charge is 0.224 e. The van der Waals surface area contributed by atoms with Gasteiger partial charge in [-0.3, -0.25) is 0 Å². The molecule has 1 fully saturated rings. The first-order valence-electron chi connectivity index (χ1n) is 5.66. The van der Waals surface area contributed by atoms with Crippen LogP contribution in [-0.4, -0.2) is 30.1 Å². The minimum Gasteiger partial charge on any atom is -0.357 e. The molecule has 0 atom stereocenters. The van der Waals surface area contributed by atoms with Crippen LogP contribution in [-0.2, 0) is 0 Å². The molecule has 0 saturated carbocycles. The number of hydrogen-bond acceptors (Lipinski definition) is 4. The highest BCUT2D eigenvalue weighted by atomic mass is 15.2. The second kappa shape index (κ2) is 4.96. The van der Waals surface area contributed by atoms with Crippen molar-refractivity contribution in [3.8, 4) is 0 Å². The van der Waals surface area contributed by atoms with Crippen LogP contribution in [0, 0.1) is 0 Å². The van der Waals surface area contributed by atoms with Crippen molar-refractivity contribution in [3.63, 3.8) is 0 Å². The maximum absolute atomic E-state index is 4.46. The van der Waals surface area contributed by atoms with Gasteiger partial charge in [-0.05, 0) is 18.9 Å². The van der Waals surface area contributed by atoms with Gasteiger partial charge in [0.15, 0.2) is 0 Å². The Kier molecular flexibility index (Phi) is 3.37. The summed E-state index contributed by atoms with van der Waals surface area (Å²) in [6.45, 7) is 2.25. The highest BCUT2D eigenvalue weighted by molar-refractivity contribution is 5.42. The van der Waals surface area contributed by atoms with E-state index in [0.29, 0.717) is 5.95 Å². The molecule has 4 nitrogen and oxygen atoms in total. The van der Waals surface area contributed by atoms with Crippen molar-refractivity contribution in [3.05, 3.63) is 12.3 Å². The standard InChI is InChI=1S/C11H18N4/c1-12-11-13-7-6-10(14-11)15-8-4-2-3-5-9-15/h6-7H,2-5,8-9H2,1H3,(H,12,13,14). The normalized spacial score (nSPS) is 17.3. The minimum atomic E-state index is 0.705. The van der Waals surface area contributed by atoms with E-state index in [1.807, 2.05) is 19.3 Å². The zero-order valence-electron chi connectivity index (χ0n) is 9.24. The van der Waals surface area contributed by atoms with Crippen LogP contribution in [0.2, 0.25) is 0 Å². The molecule has 1 saturated heterocycles. The van der Waals surface area contributed by atoms with E-state index in [-0.39, 0.29) is 0 Å². The molecule has 0 radical (unpaired) electrons. The summed E-state index contributed by atoms with van der Waals surface area (Å²) in [7, 11) is 1.85. The second-order valence-corrected chi connectivity index (χ2v) is 3.89. The second-order valence-electron chi connectivity index (χ2n) is 3.89. The lowest BCUT2D eigenvalue weighted by molar-refractivity contribution is 0.726. The summed E-state index contributed by atoms with van der Waals surface area (Å²) in [6.07, 6.45) is 7.07. The van der Waals surface area contributed by atoms with Crippen LogP contribution in [0.4, 0.5) is 11.8 Å². The van der Waals surface area contributed by atoms with Gasteiger partial charge in [-0.25, -0.2) is 4.98 Å². The summed E-state index contributed by atoms with van der Waals surface area (Å²) < 4.78 is 0. The lowest BCUT2D eigenvalue weighted by Gasteiger charge is -2.21. The molecule has 1 N–H and O–H groups in total. The van der Waals surface area contributed by atoms with E-state index < -0.39 is 0 Å². The molecule has 82 valence electrons. The number of hydrogen-bond donors (Lipinski definition) is 1. The molecule has 2 rings (SSSR count). The number of rotatable bonds is 2. The van der Waals surface area contributed by atoms with Crippen molar-refractivity contribution >= 4 is 11.8 Å². The molecule has 1 aromatic heterocycles. The quantitative estimate of drug-likeness (QED) is 0.802. The summed E-state index contributed by atoms with van der Waals surface area (Å²) in [4.78, 5) is 10.9. The first-order valence-corrected chi connectivity index (χ1v) is 5.66. The fraction of sp³-hybridized carbons (Fsp3) is 0.636. The van der Waals surface area contributed by atoms with Crippen molar-refractivity contribution in [2.75, 3.05) is 30.4 Å². The number of anilines is 2. The first-order chi connectivity index (χ1) is 7.40. The molecule has 4 heteroatoms. The van der Waals surface area contributed by atoms with Gasteiger partial charge in [0.2, 0.25) is 5.95 Å². The van der Waals surface area contributed by atoms with Gasteiger partial charge in [-0.1, -0.05) is 12.8 Å². The SMILES string of the molecule is CNc1nccc(N2CCCCCC2)n1. The van der Waals surface area contributed by atoms with Crippen LogP contribution < -0.4 is 10.2 Å². The minimum absolute atomic E-state index is 0.705. The average molecular weight is 206 g/mol. The molecular formula is C11H18N4. The van der Waals surface area contributed by atoms with Crippen molar-refractivity contribution in [1.29, 1.82) is 0 Å². The van der Waals surface area contributed by atoms with E-state index in [4.69, 9.17) is 0 Å². The van der Waals surface area contributed by atoms with E-state index >= 15 is 0 Å². The fourth-order valence-electron chi connectivity index (χ4n) is 1.95. The van der Waals surface area contributed by atoms with Gasteiger partial charge in [-0.15, -0.1) is 0 Å². The molecule has 1 aromatic rings. The van der Waals surface area contributed by atoms with E-state index in [0.717, 1.165) is 18.9 Å². The molecule has 0 unspecified atom stereocenters. The Morgan fingerprint density at radius 2 is 1.93 bits per heavy atom. The predicted molar refractivity (Wildman–Crippen MR) is 62.3 cm³/mol. The molecule has 15 heavy (non-hydrogen) atoms. The molecular weight excluding hydrogens is 188 g/mol. The van der Waals surface area contributed by atoms with E-state index in [1.165, 1.54) is 25.7 Å². The Bertz CT molecular complexity index is 305. The van der Waals surface area contributed by atoms with Crippen molar-refractivity contribution < 1.29 is 0 Å². The van der Waals surface area contributed by atoms with Gasteiger partial charge in [0.25, 0.3) is 0 Å². The Labute approximate surface area is 90.7 Å². The Hall–Kier alpha value is -1.32. The van der Waals surface area contributed by atoms with Crippen LogP contribution in [0.5, 0.6) is 0 Å². The van der Waals surface area contributed by atoms with Crippen LogP contribution >= 0.6 is 0 Å². The molecule has 0 amide bonds. The third-order valence-corrected chi connectivity index (χ3v) is 2.79. The third kappa shape index (κ3) is 2.58. The van der Waals surface area contributed by atoms with E-state index in [9.17, 15) is 0 Å². The molecule has 1 aliphatic heterocycles. The maximum Gasteiger partial charge on any atom is 0.224 e. The maximum atomic E-state index is 4.46. The Morgan fingerprint density at radius 3 is 2.60 bits per heavy atom. The molecule has 1 aliphatic rings. The van der Waals surface area contributed by atoms with Crippen LogP contribution in [0.25, 0.3) is 0 Å². The lowest BCUT2D eigenvalue weighted by Crippen LogP contribution is -2.25. The summed E-state index contributed by atoms with van der Waals surface area (Å²) in [6, 6.07) is 1.99. The lowest BCUT2D eigenvalue weighted by atomic mass is 10.2. The largest absolute Gasteiger partial charge is 0.357 e. The van der Waals surface area contributed by atoms with E-state index in [1.54, 1.807) is 0 Å². The van der Waals surface area contributed by atoms with Crippen molar-refractivity contribution in [2.24, 2.45) is 0 Å². The zero-order valence-corrected chi connectivity index (χ0v) is 9.24. The summed E-state index contributed by atoms with van der Waals surface area (Å²) >= 11 is 0. The highest BCUT2D eigenvalue weighted by Crippen LogP contribution is 2.17. The van der Waals surface area contributed by atoms with Gasteiger partial charge >= 0.3 is 0 Å². The summed E-state index contributed by atoms with van der Waals surface area (Å²) in [5, 5.41) is 2.97. The van der Waals surface area contributed by atoms with Gasteiger partial charge in [-0.2, -0.15) is 4.98 Å². The number of nitrogens with one attached hydrogen (secondary N) is 1. The van der Waals surface area contributed by atoms with Gasteiger partial charge < -0.3 is 10.2 Å². The molecule has 0 bridgehead atoms. The Balaban J connectivity index is 2.12. The highest BCUT2D eigenvalue weighted by Gasteiger charge is 2.11.